The van der Waals surface area contributed by atoms with E-state index in [0.29, 0.717) is 6.04 Å². The Morgan fingerprint density at radius 2 is 1.88 bits per heavy atom. The Hall–Kier alpha value is -0.0800. The van der Waals surface area contributed by atoms with Crippen LogP contribution in [0.15, 0.2) is 0 Å². The fourth-order valence-corrected chi connectivity index (χ4v) is 3.73. The molecule has 0 aromatic carbocycles. The number of piperidine rings is 1. The van der Waals surface area contributed by atoms with Gasteiger partial charge in [-0.05, 0) is 51.5 Å². The van der Waals surface area contributed by atoms with Crippen molar-refractivity contribution < 1.29 is 5.11 Å². The van der Waals surface area contributed by atoms with Crippen molar-refractivity contribution in [3.05, 3.63) is 0 Å². The van der Waals surface area contributed by atoms with Gasteiger partial charge in [0.25, 0.3) is 0 Å². The van der Waals surface area contributed by atoms with Crippen molar-refractivity contribution in [2.75, 3.05) is 6.54 Å². The van der Waals surface area contributed by atoms with Gasteiger partial charge in [-0.2, -0.15) is 0 Å². The lowest BCUT2D eigenvalue weighted by Gasteiger charge is -2.47. The molecule has 1 N–H and O–H groups in total. The topological polar surface area (TPSA) is 23.5 Å². The molecule has 0 aromatic rings. The summed E-state index contributed by atoms with van der Waals surface area (Å²) in [5.41, 5.74) is 0. The summed E-state index contributed by atoms with van der Waals surface area (Å²) < 4.78 is 0. The van der Waals surface area contributed by atoms with E-state index in [1.54, 1.807) is 0 Å². The summed E-state index contributed by atoms with van der Waals surface area (Å²) in [7, 11) is 0. The van der Waals surface area contributed by atoms with Crippen molar-refractivity contribution in [1.29, 1.82) is 0 Å². The number of nitrogens with zero attached hydrogens (tertiary/aromatic N) is 1. The highest BCUT2D eigenvalue weighted by Crippen LogP contribution is 2.36. The molecule has 2 nitrogen and oxygen atoms in total. The number of fused-ring (bicyclic) bond motifs is 1. The molecule has 1 aliphatic carbocycles. The van der Waals surface area contributed by atoms with Crippen LogP contribution in [0.5, 0.6) is 0 Å². The van der Waals surface area contributed by atoms with E-state index in [4.69, 9.17) is 0 Å². The second-order valence-electron chi connectivity index (χ2n) is 5.71. The molecule has 2 fully saturated rings. The Morgan fingerprint density at radius 3 is 2.62 bits per heavy atom. The van der Waals surface area contributed by atoms with E-state index in [0.717, 1.165) is 18.4 Å². The zero-order valence-corrected chi connectivity index (χ0v) is 10.9. The molecule has 2 rings (SSSR count). The molecule has 4 unspecified atom stereocenters. The lowest BCUT2D eigenvalue weighted by atomic mass is 9.77. The molecule has 1 saturated carbocycles. The maximum Gasteiger partial charge on any atom is 0.0690 e. The summed E-state index contributed by atoms with van der Waals surface area (Å²) >= 11 is 0. The molecule has 0 amide bonds. The summed E-state index contributed by atoms with van der Waals surface area (Å²) in [5, 5.41) is 10.0. The lowest BCUT2D eigenvalue weighted by molar-refractivity contribution is -0.0207. The average Bonchev–Trinajstić information content (AvgIpc) is 2.36. The summed E-state index contributed by atoms with van der Waals surface area (Å²) in [6.45, 7) is 5.51. The smallest absolute Gasteiger partial charge is 0.0690 e. The zero-order chi connectivity index (χ0) is 11.5. The number of hydrogen-bond donors (Lipinski definition) is 1. The van der Waals surface area contributed by atoms with Crippen LogP contribution >= 0.6 is 0 Å². The third-order valence-electron chi connectivity index (χ3n) is 4.78. The Kier molecular flexibility index (Phi) is 4.26. The molecular weight excluding hydrogens is 198 g/mol. The summed E-state index contributed by atoms with van der Waals surface area (Å²) in [6, 6.07) is 1.13. The molecule has 0 radical (unpaired) electrons. The molecule has 1 heterocycles. The van der Waals surface area contributed by atoms with Crippen molar-refractivity contribution in [3.63, 3.8) is 0 Å². The number of hydrogen-bond acceptors (Lipinski definition) is 2. The molecule has 4 atom stereocenters. The minimum absolute atomic E-state index is 0.138. The fourth-order valence-electron chi connectivity index (χ4n) is 3.73. The maximum absolute atomic E-state index is 10.0. The van der Waals surface area contributed by atoms with Crippen LogP contribution in [0.2, 0.25) is 0 Å². The molecule has 0 bridgehead atoms. The van der Waals surface area contributed by atoms with Crippen molar-refractivity contribution in [1.82, 2.24) is 4.90 Å². The van der Waals surface area contributed by atoms with Gasteiger partial charge in [-0.3, -0.25) is 4.90 Å². The van der Waals surface area contributed by atoms with E-state index in [1.807, 2.05) is 0 Å². The van der Waals surface area contributed by atoms with Crippen LogP contribution in [-0.2, 0) is 0 Å². The Morgan fingerprint density at radius 1 is 1.19 bits per heavy atom. The van der Waals surface area contributed by atoms with Crippen molar-refractivity contribution in [2.45, 2.75) is 77.0 Å². The van der Waals surface area contributed by atoms with Gasteiger partial charge in [0.15, 0.2) is 0 Å². The normalized spacial score (nSPS) is 35.4. The monoisotopic (exact) mass is 225 g/mol. The van der Waals surface area contributed by atoms with Crippen molar-refractivity contribution >= 4 is 0 Å². The first-order valence-electron chi connectivity index (χ1n) is 7.17. The molecular formula is C14H27NO. The molecule has 1 aliphatic heterocycles. The highest BCUT2D eigenvalue weighted by atomic mass is 16.3. The van der Waals surface area contributed by atoms with Crippen LogP contribution in [0.25, 0.3) is 0 Å². The van der Waals surface area contributed by atoms with Crippen LogP contribution in [-0.4, -0.2) is 34.7 Å². The predicted octanol–water partition coefficient (Wildman–Crippen LogP) is 2.80. The second-order valence-corrected chi connectivity index (χ2v) is 5.71. The predicted molar refractivity (Wildman–Crippen MR) is 67.4 cm³/mol. The standard InChI is InChI=1S/C14H27NO/c1-3-14(16)11(2)15-10-6-8-12-7-4-5-9-13(12)15/h11-14,16H,3-10H2,1-2H3. The number of aliphatic hydroxyl groups is 1. The minimum Gasteiger partial charge on any atom is -0.392 e. The fraction of sp³-hybridized carbons (Fsp3) is 1.00. The van der Waals surface area contributed by atoms with Crippen LogP contribution in [0.1, 0.15) is 58.8 Å². The molecule has 16 heavy (non-hydrogen) atoms. The van der Waals surface area contributed by atoms with Crippen LogP contribution < -0.4 is 0 Å². The van der Waals surface area contributed by atoms with Crippen molar-refractivity contribution in [3.8, 4) is 0 Å². The Labute approximate surface area is 100 Å². The molecule has 94 valence electrons. The van der Waals surface area contributed by atoms with E-state index in [9.17, 15) is 5.11 Å². The zero-order valence-electron chi connectivity index (χ0n) is 10.9. The average molecular weight is 225 g/mol. The van der Waals surface area contributed by atoms with Crippen LogP contribution in [0.3, 0.4) is 0 Å². The van der Waals surface area contributed by atoms with Gasteiger partial charge in [0, 0.05) is 12.1 Å². The summed E-state index contributed by atoms with van der Waals surface area (Å²) in [6.07, 6.45) is 9.13. The maximum atomic E-state index is 10.0. The van der Waals surface area contributed by atoms with Gasteiger partial charge in [0.2, 0.25) is 0 Å². The minimum atomic E-state index is -0.138. The van der Waals surface area contributed by atoms with Gasteiger partial charge < -0.3 is 5.11 Å². The second kappa shape index (κ2) is 5.50. The largest absolute Gasteiger partial charge is 0.392 e. The molecule has 2 aliphatic rings. The van der Waals surface area contributed by atoms with Gasteiger partial charge in [-0.1, -0.05) is 19.8 Å². The van der Waals surface area contributed by atoms with E-state index >= 15 is 0 Å². The first-order chi connectivity index (χ1) is 7.74. The molecule has 1 saturated heterocycles. The van der Waals surface area contributed by atoms with E-state index < -0.39 is 0 Å². The first-order valence-corrected chi connectivity index (χ1v) is 7.17. The van der Waals surface area contributed by atoms with Gasteiger partial charge in [0.1, 0.15) is 0 Å². The van der Waals surface area contributed by atoms with Crippen molar-refractivity contribution in [2.24, 2.45) is 5.92 Å². The van der Waals surface area contributed by atoms with Gasteiger partial charge >= 0.3 is 0 Å². The molecule has 0 aromatic heterocycles. The quantitative estimate of drug-likeness (QED) is 0.798. The lowest BCUT2D eigenvalue weighted by Crippen LogP contribution is -2.53. The number of rotatable bonds is 3. The SMILES string of the molecule is CCC(O)C(C)N1CCCC2CCCCC21. The third kappa shape index (κ3) is 2.43. The van der Waals surface area contributed by atoms with Crippen LogP contribution in [0, 0.1) is 5.92 Å². The highest BCUT2D eigenvalue weighted by Gasteiger charge is 2.36. The number of aliphatic hydroxyl groups excluding tert-OH is 1. The summed E-state index contributed by atoms with van der Waals surface area (Å²) in [5.74, 6) is 0.925. The highest BCUT2D eigenvalue weighted by molar-refractivity contribution is 4.91. The van der Waals surface area contributed by atoms with Gasteiger partial charge in [-0.25, -0.2) is 0 Å². The summed E-state index contributed by atoms with van der Waals surface area (Å²) in [4.78, 5) is 2.61. The Bertz CT molecular complexity index is 217. The first kappa shape index (κ1) is 12.4. The molecule has 0 spiro atoms. The van der Waals surface area contributed by atoms with Gasteiger partial charge in [-0.15, -0.1) is 0 Å². The van der Waals surface area contributed by atoms with E-state index in [2.05, 4.69) is 18.7 Å². The van der Waals surface area contributed by atoms with E-state index in [-0.39, 0.29) is 6.10 Å². The molecule has 2 heteroatoms. The third-order valence-corrected chi connectivity index (χ3v) is 4.78. The van der Waals surface area contributed by atoms with Crippen LogP contribution in [0.4, 0.5) is 0 Å². The Balaban J connectivity index is 2.01. The number of likely N-dealkylation sites (tertiary alicyclic amines) is 1. The van der Waals surface area contributed by atoms with E-state index in [1.165, 1.54) is 45.1 Å². The van der Waals surface area contributed by atoms with Gasteiger partial charge in [0.05, 0.1) is 6.10 Å².